The van der Waals surface area contributed by atoms with Crippen molar-refractivity contribution >= 4 is 102 Å². The maximum absolute atomic E-state index is 16.1. The van der Waals surface area contributed by atoms with E-state index >= 15 is 8.78 Å². The minimum Gasteiger partial charge on any atom is -0.505 e. The Hall–Kier alpha value is -11.0. The first kappa shape index (κ1) is 99.2. The summed E-state index contributed by atoms with van der Waals surface area (Å²) in [6.45, 7) is 7.85. The lowest BCUT2D eigenvalue weighted by molar-refractivity contribution is -0.136. The van der Waals surface area contributed by atoms with E-state index in [9.17, 15) is 82.1 Å². The molecule has 0 fully saturated rings. The molecule has 0 radical (unpaired) electrons. The second-order valence-electron chi connectivity index (χ2n) is 25.5. The molecule has 116 heavy (non-hydrogen) atoms. The Morgan fingerprint density at radius 1 is 0.414 bits per heavy atom. The van der Waals surface area contributed by atoms with Gasteiger partial charge in [0.1, 0.15) is 57.3 Å². The first-order chi connectivity index (χ1) is 55.6. The molecule has 2 heterocycles. The van der Waals surface area contributed by atoms with Crippen molar-refractivity contribution in [3.05, 3.63) is 81.9 Å². The number of ether oxygens (including phenoxy) is 10. The van der Waals surface area contributed by atoms with Gasteiger partial charge in [0.25, 0.3) is 5.91 Å². The van der Waals surface area contributed by atoms with Gasteiger partial charge in [-0.2, -0.15) is 0 Å². The number of ketones is 5. The number of halogens is 2. The molecule has 0 saturated heterocycles. The van der Waals surface area contributed by atoms with Crippen LogP contribution in [0.15, 0.2) is 42.5 Å². The van der Waals surface area contributed by atoms with Gasteiger partial charge in [0.05, 0.1) is 109 Å². The number of esters is 1. The number of hydrogen-bond acceptors (Lipinski definition) is 29. The maximum atomic E-state index is 16.1. The molecule has 40 heteroatoms. The van der Waals surface area contributed by atoms with Gasteiger partial charge in [0.15, 0.2) is 51.9 Å². The molecule has 38 nitrogen and oxygen atoms in total. The fourth-order valence-electron chi connectivity index (χ4n) is 10.9. The number of phenols is 2. The summed E-state index contributed by atoms with van der Waals surface area (Å²) in [7, 11) is 0. The van der Waals surface area contributed by atoms with Crippen LogP contribution in [-0.2, 0) is 120 Å². The van der Waals surface area contributed by atoms with E-state index in [1.54, 1.807) is 0 Å². The number of nitrogens with one attached hydrogen (secondary N) is 6. The average Bonchev–Trinajstić information content (AvgIpc) is 1.47. The first-order valence-corrected chi connectivity index (χ1v) is 36.8. The fraction of sp³-hybridized carbons (Fsp3) is 0.539. The van der Waals surface area contributed by atoms with Crippen molar-refractivity contribution in [3.63, 3.8) is 0 Å². The van der Waals surface area contributed by atoms with Crippen LogP contribution in [0.2, 0.25) is 0 Å². The van der Waals surface area contributed by atoms with E-state index in [1.807, 2.05) is 13.6 Å². The highest BCUT2D eigenvalue weighted by Crippen LogP contribution is 2.58. The molecular weight excluding hydrogens is 1540 g/mol. The Morgan fingerprint density at radius 2 is 0.793 bits per heavy atom. The number of nitrogens with zero attached hydrogens (tertiary/aromatic N) is 3. The number of hydrogen-bond donors (Lipinski definition) is 8. The summed E-state index contributed by atoms with van der Waals surface area (Å²) in [5.41, 5.74) is -3.91. The van der Waals surface area contributed by atoms with E-state index in [2.05, 4.69) is 31.9 Å². The molecule has 0 aromatic heterocycles. The van der Waals surface area contributed by atoms with Crippen molar-refractivity contribution in [2.45, 2.75) is 84.7 Å². The minimum atomic E-state index is -2.34. The lowest BCUT2D eigenvalue weighted by Crippen LogP contribution is -2.45. The molecule has 640 valence electrons. The molecule has 1 unspecified atom stereocenters. The summed E-state index contributed by atoms with van der Waals surface area (Å²) in [5, 5.41) is 36.3. The number of phenolic OH excluding ortho intramolecular Hbond substituents is 2. The number of aromatic hydroxyl groups is 2. The van der Waals surface area contributed by atoms with E-state index in [-0.39, 0.29) is 241 Å². The molecule has 3 aromatic rings. The topological polar surface area (TPSA) is 505 Å². The van der Waals surface area contributed by atoms with Gasteiger partial charge in [-0.25, -0.2) is 13.6 Å². The third-order valence-electron chi connectivity index (χ3n) is 16.4. The number of carbonyl (C=O) groups is 17. The van der Waals surface area contributed by atoms with Gasteiger partial charge in [-0.15, -0.1) is 0 Å². The summed E-state index contributed by atoms with van der Waals surface area (Å²) in [4.78, 5) is 213. The van der Waals surface area contributed by atoms with Crippen LogP contribution in [0, 0.1) is 11.6 Å². The van der Waals surface area contributed by atoms with Crippen molar-refractivity contribution in [1.29, 1.82) is 0 Å². The van der Waals surface area contributed by atoms with Gasteiger partial charge in [-0.1, -0.05) is 6.07 Å². The molecule has 1 atom stereocenters. The normalized spacial score (nSPS) is 12.6. The van der Waals surface area contributed by atoms with Crippen LogP contribution in [0.3, 0.4) is 0 Å². The standard InChI is InChI=1S/C74H99F2N9O27.2CH2O/c1-48(86)44-107-35-31-103-27-17-77-62(93)12-22-83(23-13-63(94)78-18-28-104-32-36-108-45-49(2)87)67(98)10-6-53(90)11-21-84(69(100)43-82-72(101)52-5-7-55-54(39-52)73(102)112-74(55)56-40-57(75)59(92)41-61(56)111-60-9-8-58(91)71(76)70(60)74)26-16-66(97)81-42-68(99)85(24-14-64(95)79-19-29-105-33-37-109-46-50(3)88)25-15-65(96)80-20-30-106-34-38-110-47-51(4)89;2*1-2/h5,7-9,39-41,91-92H,6,10-38,42-47H2,1-4H3,(H,77,93)(H,78,94)(H,79,95)(H,80,96)(H,81,97)(H,82,101);2*1H2. The number of carbonyl (C=O) groups excluding carboxylic acids is 17. The maximum Gasteiger partial charge on any atom is 0.340 e. The first-order valence-electron chi connectivity index (χ1n) is 36.8. The number of benzene rings is 3. The average molecular weight is 1640 g/mol. The molecule has 0 bridgehead atoms. The van der Waals surface area contributed by atoms with Crippen molar-refractivity contribution in [1.82, 2.24) is 46.6 Å². The van der Waals surface area contributed by atoms with Gasteiger partial charge < -0.3 is 114 Å². The molecule has 9 amide bonds. The predicted molar refractivity (Wildman–Crippen MR) is 401 cm³/mol. The van der Waals surface area contributed by atoms with E-state index in [1.165, 1.54) is 49.6 Å². The van der Waals surface area contributed by atoms with Crippen molar-refractivity contribution in [3.8, 4) is 23.0 Å². The van der Waals surface area contributed by atoms with Gasteiger partial charge in [0.2, 0.25) is 47.3 Å². The van der Waals surface area contributed by atoms with E-state index in [4.69, 9.17) is 57.0 Å². The Balaban J connectivity index is 0.00000856. The van der Waals surface area contributed by atoms with Crippen LogP contribution in [0.4, 0.5) is 8.78 Å². The highest BCUT2D eigenvalue weighted by atomic mass is 19.1. The second-order valence-corrected chi connectivity index (χ2v) is 25.5. The third kappa shape index (κ3) is 36.6. The Morgan fingerprint density at radius 3 is 1.21 bits per heavy atom. The van der Waals surface area contributed by atoms with E-state index in [0.717, 1.165) is 35.2 Å². The number of Topliss-reactive ketones (excluding diaryl/α,β-unsaturated/α-hetero) is 5. The second kappa shape index (κ2) is 55.5. The number of rotatable bonds is 58. The Labute approximate surface area is 667 Å². The van der Waals surface area contributed by atoms with Gasteiger partial charge in [-0.05, 0) is 58.0 Å². The zero-order valence-corrected chi connectivity index (χ0v) is 65.4. The summed E-state index contributed by atoms with van der Waals surface area (Å²) in [6.07, 6.45) is -2.76. The summed E-state index contributed by atoms with van der Waals surface area (Å²) in [6, 6.07) is 7.18. The van der Waals surface area contributed by atoms with Crippen LogP contribution < -0.4 is 36.6 Å². The highest BCUT2D eigenvalue weighted by Gasteiger charge is 2.56. The van der Waals surface area contributed by atoms with Crippen molar-refractivity contribution in [2.75, 3.05) is 184 Å². The molecule has 0 aliphatic carbocycles. The molecule has 0 saturated carbocycles. The molecule has 1 spiro atoms. The lowest BCUT2D eigenvalue weighted by atomic mass is 9.77. The molecule has 2 aliphatic rings. The highest BCUT2D eigenvalue weighted by molar-refractivity contribution is 6.03. The van der Waals surface area contributed by atoms with Crippen LogP contribution in [0.1, 0.15) is 116 Å². The molecule has 5 rings (SSSR count). The largest absolute Gasteiger partial charge is 0.505 e. The smallest absolute Gasteiger partial charge is 0.340 e. The quantitative estimate of drug-likeness (QED) is 0.0262. The van der Waals surface area contributed by atoms with E-state index < -0.39 is 151 Å². The SMILES string of the molecule is C=O.C=O.CC(=O)COCCOCCNC(=O)CCN(CCC(=O)NCCOCCOCC(C)=O)C(=O)CCC(=O)CCN(CCC(=O)NCC(=O)N(CCC(=O)NCCOCCOCC(C)=O)CCC(=O)NCCOCCOCC(C)=O)C(=O)CNC(=O)c1ccc2c(c1)C(=O)OC21c2cc(F)c(O)cc2Oc2ccc(O)c(F)c21. The molecule has 2 aliphatic heterocycles. The van der Waals surface area contributed by atoms with Crippen LogP contribution in [0.5, 0.6) is 23.0 Å². The predicted octanol–water partition coefficient (Wildman–Crippen LogP) is -0.451. The monoisotopic (exact) mass is 1640 g/mol. The summed E-state index contributed by atoms with van der Waals surface area (Å²) in [5.74, 6) is -13.1. The van der Waals surface area contributed by atoms with Crippen LogP contribution >= 0.6 is 0 Å². The van der Waals surface area contributed by atoms with Gasteiger partial charge in [0, 0.05) is 134 Å². The molecule has 8 N–H and O–H groups in total. The van der Waals surface area contributed by atoms with E-state index in [0.29, 0.717) is 0 Å². The molecule has 3 aromatic carbocycles. The zero-order chi connectivity index (χ0) is 86.0. The van der Waals surface area contributed by atoms with Crippen LogP contribution in [-0.4, -0.2) is 311 Å². The number of fused-ring (bicyclic) bond motifs is 6. The fourth-order valence-corrected chi connectivity index (χ4v) is 10.9. The summed E-state index contributed by atoms with van der Waals surface area (Å²) >= 11 is 0. The summed E-state index contributed by atoms with van der Waals surface area (Å²) < 4.78 is 85.1. The molecular formula is C76H103F2N9O29. The van der Waals surface area contributed by atoms with Gasteiger partial charge >= 0.3 is 5.97 Å². The zero-order valence-electron chi connectivity index (χ0n) is 65.4. The van der Waals surface area contributed by atoms with Gasteiger partial charge in [-0.3, -0.25) is 67.1 Å². The van der Waals surface area contributed by atoms with Crippen molar-refractivity contribution in [2.24, 2.45) is 0 Å². The van der Waals surface area contributed by atoms with Crippen molar-refractivity contribution < 1.29 is 148 Å². The minimum absolute atomic E-state index is 0.0752. The Bertz CT molecular complexity index is 3590. The van der Waals surface area contributed by atoms with Crippen LogP contribution in [0.25, 0.3) is 0 Å². The lowest BCUT2D eigenvalue weighted by Gasteiger charge is -2.36. The third-order valence-corrected chi connectivity index (χ3v) is 16.4. The Kier molecular flexibility index (Phi) is 47.4. The number of amides is 9.